The van der Waals surface area contributed by atoms with Gasteiger partial charge in [0.2, 0.25) is 0 Å². The van der Waals surface area contributed by atoms with E-state index in [4.69, 9.17) is 9.47 Å². The van der Waals surface area contributed by atoms with Crippen LogP contribution in [0.15, 0.2) is 36.5 Å². The molecule has 0 amide bonds. The summed E-state index contributed by atoms with van der Waals surface area (Å²) in [5.41, 5.74) is 0.209. The number of hydrogen-bond donors (Lipinski definition) is 3. The second-order valence-corrected chi connectivity index (χ2v) is 9.42. The molecule has 0 bridgehead atoms. The van der Waals surface area contributed by atoms with Gasteiger partial charge in [0.25, 0.3) is 0 Å². The summed E-state index contributed by atoms with van der Waals surface area (Å²) < 4.78 is 10.3. The molecule has 0 radical (unpaired) electrons. The minimum atomic E-state index is -1.17. The molecule has 1 aliphatic heterocycles. The summed E-state index contributed by atoms with van der Waals surface area (Å²) in [5, 5.41) is 29.3. The lowest BCUT2D eigenvalue weighted by Gasteiger charge is -2.31. The molecule has 1 rings (SSSR count). The van der Waals surface area contributed by atoms with E-state index in [0.29, 0.717) is 6.42 Å². The van der Waals surface area contributed by atoms with Crippen molar-refractivity contribution < 1.29 is 29.6 Å². The first kappa shape index (κ1) is 30.6. The second kappa shape index (κ2) is 17.9. The summed E-state index contributed by atoms with van der Waals surface area (Å²) in [6.07, 6.45) is 20.0. The third-order valence-corrected chi connectivity index (χ3v) is 6.43. The van der Waals surface area contributed by atoms with Gasteiger partial charge in [-0.15, -0.1) is 0 Å². The Balaban J connectivity index is 2.47. The molecule has 0 aromatic carbocycles. The minimum Gasteiger partial charge on any atom is -0.463 e. The van der Waals surface area contributed by atoms with Gasteiger partial charge in [0.15, 0.2) is 0 Å². The van der Waals surface area contributed by atoms with Crippen LogP contribution in [-0.4, -0.2) is 58.9 Å². The van der Waals surface area contributed by atoms with Crippen molar-refractivity contribution in [2.24, 2.45) is 5.41 Å². The highest BCUT2D eigenvalue weighted by molar-refractivity contribution is 5.69. The average molecular weight is 481 g/mol. The highest BCUT2D eigenvalue weighted by atomic mass is 16.6. The zero-order chi connectivity index (χ0) is 25.2. The molecule has 3 unspecified atom stereocenters. The number of carbonyl (C=O) groups excluding carboxylic acids is 1. The summed E-state index contributed by atoms with van der Waals surface area (Å²) in [6.45, 7) is 6.21. The summed E-state index contributed by atoms with van der Waals surface area (Å²) in [5.74, 6) is -0.360. The fraction of sp³-hybridized carbons (Fsp3) is 0.750. The lowest BCUT2D eigenvalue weighted by atomic mass is 9.73. The largest absolute Gasteiger partial charge is 0.463 e. The normalized spacial score (nSPS) is 23.8. The van der Waals surface area contributed by atoms with E-state index in [2.05, 4.69) is 57.2 Å². The standard InChI is InChI=1S/C28H48O6/c1-4-7-12-17-28(18-13-8-5-2,19-14-9-6-3)20-15-10-11-16-25(31)33-22-24(30)27-26(32)23(29)21-34-27/h7-9,12-14,23-24,26-27,29-30,32H,4-6,10-11,15-22H2,1-3H3/t23?,24-,26?,27?,28?/m1/s1. The Hall–Kier alpha value is -1.47. The number of unbranched alkanes of at least 4 members (excludes halogenated alkanes) is 2. The number of ether oxygens (including phenoxy) is 2. The van der Waals surface area contributed by atoms with E-state index in [1.54, 1.807) is 0 Å². The lowest BCUT2D eigenvalue weighted by molar-refractivity contribution is -0.151. The third kappa shape index (κ3) is 11.8. The number of esters is 1. The molecule has 0 spiro atoms. The van der Waals surface area contributed by atoms with E-state index in [1.165, 1.54) is 0 Å². The van der Waals surface area contributed by atoms with Crippen LogP contribution in [0.1, 0.15) is 91.4 Å². The van der Waals surface area contributed by atoms with Crippen molar-refractivity contribution in [1.29, 1.82) is 0 Å². The summed E-state index contributed by atoms with van der Waals surface area (Å²) in [4.78, 5) is 12.1. The van der Waals surface area contributed by atoms with Crippen LogP contribution in [0.5, 0.6) is 0 Å². The van der Waals surface area contributed by atoms with Crippen molar-refractivity contribution in [3.05, 3.63) is 36.5 Å². The number of carbonyl (C=O) groups is 1. The Kier molecular flexibility index (Phi) is 16.1. The predicted octanol–water partition coefficient (Wildman–Crippen LogP) is 5.02. The van der Waals surface area contributed by atoms with E-state index in [9.17, 15) is 20.1 Å². The maximum atomic E-state index is 12.1. The fourth-order valence-electron chi connectivity index (χ4n) is 4.31. The van der Waals surface area contributed by atoms with Crippen molar-refractivity contribution in [2.75, 3.05) is 13.2 Å². The monoisotopic (exact) mass is 480 g/mol. The SMILES string of the molecule is CCC=CCC(CC=CCC)(CC=CCC)CCCCCC(=O)OC[C@@H](O)C1OCC(O)C1O. The Morgan fingerprint density at radius 2 is 1.50 bits per heavy atom. The van der Waals surface area contributed by atoms with Gasteiger partial charge in [-0.2, -0.15) is 0 Å². The van der Waals surface area contributed by atoms with E-state index >= 15 is 0 Å². The van der Waals surface area contributed by atoms with Gasteiger partial charge in [-0.05, 0) is 56.8 Å². The Morgan fingerprint density at radius 1 is 0.941 bits per heavy atom. The molecule has 1 saturated heterocycles. The predicted molar refractivity (Wildman–Crippen MR) is 136 cm³/mol. The number of hydrogen-bond acceptors (Lipinski definition) is 6. The second-order valence-electron chi connectivity index (χ2n) is 9.42. The summed E-state index contributed by atoms with van der Waals surface area (Å²) in [7, 11) is 0. The number of aliphatic hydroxyl groups is 3. The van der Waals surface area contributed by atoms with E-state index < -0.39 is 24.4 Å². The van der Waals surface area contributed by atoms with Crippen molar-refractivity contribution in [2.45, 2.75) is 116 Å². The molecule has 1 heterocycles. The van der Waals surface area contributed by atoms with Crippen LogP contribution in [0.3, 0.4) is 0 Å². The maximum Gasteiger partial charge on any atom is 0.305 e. The van der Waals surface area contributed by atoms with Gasteiger partial charge in [-0.3, -0.25) is 4.79 Å². The zero-order valence-electron chi connectivity index (χ0n) is 21.5. The fourth-order valence-corrected chi connectivity index (χ4v) is 4.31. The number of aliphatic hydroxyl groups excluding tert-OH is 3. The van der Waals surface area contributed by atoms with Crippen molar-refractivity contribution >= 4 is 5.97 Å². The van der Waals surface area contributed by atoms with Crippen molar-refractivity contribution in [3.8, 4) is 0 Å². The maximum absolute atomic E-state index is 12.1. The van der Waals surface area contributed by atoms with Crippen molar-refractivity contribution in [3.63, 3.8) is 0 Å². The highest BCUT2D eigenvalue weighted by Gasteiger charge is 2.39. The highest BCUT2D eigenvalue weighted by Crippen LogP contribution is 2.38. The van der Waals surface area contributed by atoms with Gasteiger partial charge < -0.3 is 24.8 Å². The molecule has 196 valence electrons. The minimum absolute atomic E-state index is 0.0327. The molecule has 3 N–H and O–H groups in total. The van der Waals surface area contributed by atoms with Gasteiger partial charge in [-0.25, -0.2) is 0 Å². The molecule has 1 fully saturated rings. The Bertz CT molecular complexity index is 586. The molecule has 0 aromatic heterocycles. The molecule has 4 atom stereocenters. The van der Waals surface area contributed by atoms with Crippen LogP contribution in [-0.2, 0) is 14.3 Å². The number of allylic oxidation sites excluding steroid dienone is 6. The number of rotatable bonds is 18. The smallest absolute Gasteiger partial charge is 0.305 e. The molecule has 1 aliphatic rings. The summed E-state index contributed by atoms with van der Waals surface area (Å²) >= 11 is 0. The van der Waals surface area contributed by atoms with E-state index in [-0.39, 0.29) is 24.6 Å². The van der Waals surface area contributed by atoms with Crippen molar-refractivity contribution in [1.82, 2.24) is 0 Å². The Morgan fingerprint density at radius 3 is 1.97 bits per heavy atom. The quantitative estimate of drug-likeness (QED) is 0.145. The molecule has 0 aromatic rings. The molecule has 0 aliphatic carbocycles. The van der Waals surface area contributed by atoms with E-state index in [1.807, 2.05) is 0 Å². The first-order valence-electron chi connectivity index (χ1n) is 13.2. The van der Waals surface area contributed by atoms with Gasteiger partial charge in [0, 0.05) is 6.42 Å². The van der Waals surface area contributed by atoms with Gasteiger partial charge in [0.05, 0.1) is 6.61 Å². The molecule has 6 nitrogen and oxygen atoms in total. The average Bonchev–Trinajstić information content (AvgIpc) is 3.16. The van der Waals surface area contributed by atoms with E-state index in [0.717, 1.165) is 64.2 Å². The summed E-state index contributed by atoms with van der Waals surface area (Å²) in [6, 6.07) is 0. The van der Waals surface area contributed by atoms with Crippen LogP contribution < -0.4 is 0 Å². The van der Waals surface area contributed by atoms with Gasteiger partial charge >= 0.3 is 5.97 Å². The molecule has 34 heavy (non-hydrogen) atoms. The lowest BCUT2D eigenvalue weighted by Crippen LogP contribution is -2.41. The molecular weight excluding hydrogens is 432 g/mol. The molecule has 6 heteroatoms. The van der Waals surface area contributed by atoms with Crippen LogP contribution in [0, 0.1) is 5.41 Å². The first-order valence-corrected chi connectivity index (χ1v) is 13.2. The third-order valence-electron chi connectivity index (χ3n) is 6.43. The molecule has 0 saturated carbocycles. The van der Waals surface area contributed by atoms with Gasteiger partial charge in [0.1, 0.15) is 31.0 Å². The van der Waals surface area contributed by atoms with Crippen LogP contribution >= 0.6 is 0 Å². The first-order chi connectivity index (χ1) is 16.4. The van der Waals surface area contributed by atoms with Gasteiger partial charge in [-0.1, -0.05) is 70.1 Å². The van der Waals surface area contributed by atoms with Crippen LogP contribution in [0.4, 0.5) is 0 Å². The molecular formula is C28H48O6. The Labute approximate surface area is 206 Å². The van der Waals surface area contributed by atoms with Crippen LogP contribution in [0.25, 0.3) is 0 Å². The zero-order valence-corrected chi connectivity index (χ0v) is 21.5. The topological polar surface area (TPSA) is 96.2 Å². The van der Waals surface area contributed by atoms with Crippen LogP contribution in [0.2, 0.25) is 0 Å².